The topological polar surface area (TPSA) is 71.9 Å². The Kier molecular flexibility index (Phi) is 2.82. The van der Waals surface area contributed by atoms with Crippen LogP contribution < -0.4 is 10.2 Å². The van der Waals surface area contributed by atoms with E-state index in [1.165, 1.54) is 10.9 Å². The highest BCUT2D eigenvalue weighted by Gasteiger charge is 2.55. The summed E-state index contributed by atoms with van der Waals surface area (Å²) in [5.41, 5.74) is 3.95. The molecule has 1 spiro atoms. The van der Waals surface area contributed by atoms with Crippen molar-refractivity contribution >= 4 is 22.5 Å². The van der Waals surface area contributed by atoms with Crippen LogP contribution in [0.2, 0.25) is 0 Å². The number of H-pyrrole nitrogens is 1. The first kappa shape index (κ1) is 14.3. The lowest BCUT2D eigenvalue weighted by Crippen LogP contribution is -2.55. The van der Waals surface area contributed by atoms with Gasteiger partial charge in [0.1, 0.15) is 6.54 Å². The number of hydrogen-bond acceptors (Lipinski definition) is 3. The Morgan fingerprint density at radius 3 is 2.84 bits per heavy atom. The molecule has 3 heterocycles. The highest BCUT2D eigenvalue weighted by atomic mass is 16.2. The molecule has 2 aliphatic rings. The van der Waals surface area contributed by atoms with Crippen molar-refractivity contribution in [3.63, 3.8) is 0 Å². The summed E-state index contributed by atoms with van der Waals surface area (Å²) >= 11 is 0. The lowest BCUT2D eigenvalue weighted by Gasteiger charge is -2.34. The summed E-state index contributed by atoms with van der Waals surface area (Å²) in [4.78, 5) is 18.5. The lowest BCUT2D eigenvalue weighted by molar-refractivity contribution is -0.123. The van der Waals surface area contributed by atoms with Gasteiger partial charge in [-0.3, -0.25) is 15.0 Å². The van der Waals surface area contributed by atoms with Crippen LogP contribution in [0.4, 0.5) is 5.69 Å². The average molecular weight is 328 g/mol. The molecule has 122 valence electrons. The van der Waals surface area contributed by atoms with E-state index in [-0.39, 0.29) is 12.5 Å². The fourth-order valence-electron chi connectivity index (χ4n) is 4.34. The lowest BCUT2D eigenvalue weighted by atomic mass is 9.82. The van der Waals surface area contributed by atoms with Crippen LogP contribution in [-0.2, 0) is 16.8 Å². The molecule has 2 aliphatic heterocycles. The minimum Gasteiger partial charge on any atom is -0.356 e. The quantitative estimate of drug-likeness (QED) is 0.674. The van der Waals surface area contributed by atoms with Crippen molar-refractivity contribution in [2.45, 2.75) is 12.0 Å². The number of benzene rings is 2. The van der Waals surface area contributed by atoms with Crippen LogP contribution >= 0.6 is 0 Å². The molecule has 1 atom stereocenters. The third kappa shape index (κ3) is 1.67. The molecule has 0 radical (unpaired) electrons. The molecule has 5 heteroatoms. The standard InChI is InChI=1S/C20H16N4O/c21-10-12-24-17-8-4-2-6-15(17)20(19(24)25)18-14(9-11-22-20)13-5-1-3-7-16(13)23-18/h1-8,22-23H,9,11-12H2. The Morgan fingerprint density at radius 1 is 1.16 bits per heavy atom. The first-order chi connectivity index (χ1) is 12.3. The molecule has 0 saturated carbocycles. The minimum absolute atomic E-state index is 0.0504. The Hall–Kier alpha value is -3.10. The first-order valence-corrected chi connectivity index (χ1v) is 8.41. The Balaban J connectivity index is 1.84. The second-order valence-corrected chi connectivity index (χ2v) is 6.52. The largest absolute Gasteiger partial charge is 0.356 e. The number of anilines is 1. The van der Waals surface area contributed by atoms with Crippen LogP contribution in [0, 0.1) is 11.3 Å². The van der Waals surface area contributed by atoms with Crippen LogP contribution in [0.1, 0.15) is 16.8 Å². The van der Waals surface area contributed by atoms with Crippen LogP contribution in [0.15, 0.2) is 48.5 Å². The molecule has 3 aromatic rings. The summed E-state index contributed by atoms with van der Waals surface area (Å²) < 4.78 is 0. The predicted octanol–water partition coefficient (Wildman–Crippen LogP) is 2.43. The number of nitriles is 1. The average Bonchev–Trinajstić information content (AvgIpc) is 3.14. The highest BCUT2D eigenvalue weighted by Crippen LogP contribution is 2.47. The molecule has 0 fully saturated rings. The molecule has 0 bridgehead atoms. The van der Waals surface area contributed by atoms with Gasteiger partial charge in [-0.25, -0.2) is 0 Å². The first-order valence-electron chi connectivity index (χ1n) is 8.41. The fourth-order valence-corrected chi connectivity index (χ4v) is 4.34. The van der Waals surface area contributed by atoms with E-state index in [0.29, 0.717) is 0 Å². The number of nitrogens with zero attached hydrogens (tertiary/aromatic N) is 2. The molecule has 0 saturated heterocycles. The Morgan fingerprint density at radius 2 is 1.96 bits per heavy atom. The summed E-state index contributed by atoms with van der Waals surface area (Å²) in [6.07, 6.45) is 0.870. The molecule has 2 aromatic carbocycles. The zero-order chi connectivity index (χ0) is 17.0. The number of carbonyl (C=O) groups is 1. The molecule has 1 aromatic heterocycles. The monoisotopic (exact) mass is 328 g/mol. The Labute approximate surface area is 144 Å². The molecule has 25 heavy (non-hydrogen) atoms. The van der Waals surface area contributed by atoms with E-state index in [0.717, 1.165) is 35.4 Å². The third-order valence-corrected chi connectivity index (χ3v) is 5.35. The number of rotatable bonds is 1. The number of para-hydroxylation sites is 2. The van der Waals surface area contributed by atoms with Crippen molar-refractivity contribution in [3.8, 4) is 6.07 Å². The van der Waals surface area contributed by atoms with E-state index < -0.39 is 5.54 Å². The van der Waals surface area contributed by atoms with Gasteiger partial charge in [-0.15, -0.1) is 0 Å². The minimum atomic E-state index is -0.931. The number of amides is 1. The smallest absolute Gasteiger partial charge is 0.259 e. The highest BCUT2D eigenvalue weighted by molar-refractivity contribution is 6.11. The van der Waals surface area contributed by atoms with Crippen molar-refractivity contribution in [2.24, 2.45) is 0 Å². The van der Waals surface area contributed by atoms with E-state index in [9.17, 15) is 10.1 Å². The van der Waals surface area contributed by atoms with Crippen LogP contribution in [0.3, 0.4) is 0 Å². The molecule has 0 aliphatic carbocycles. The van der Waals surface area contributed by atoms with E-state index in [2.05, 4.69) is 22.4 Å². The van der Waals surface area contributed by atoms with Crippen molar-refractivity contribution in [3.05, 3.63) is 65.4 Å². The summed E-state index contributed by atoms with van der Waals surface area (Å²) in [6.45, 7) is 0.768. The van der Waals surface area contributed by atoms with Crippen molar-refractivity contribution < 1.29 is 4.79 Å². The molecule has 5 rings (SSSR count). The third-order valence-electron chi connectivity index (χ3n) is 5.35. The summed E-state index contributed by atoms with van der Waals surface area (Å²) in [5, 5.41) is 13.8. The molecule has 5 nitrogen and oxygen atoms in total. The number of nitrogens with one attached hydrogen (secondary N) is 2. The normalized spacial score (nSPS) is 21.4. The molecule has 1 unspecified atom stereocenters. The van der Waals surface area contributed by atoms with Gasteiger partial charge in [0.2, 0.25) is 0 Å². The summed E-state index contributed by atoms with van der Waals surface area (Å²) in [5.74, 6) is -0.0808. The molecular formula is C20H16N4O. The second kappa shape index (κ2) is 4.95. The molecular weight excluding hydrogens is 312 g/mol. The maximum Gasteiger partial charge on any atom is 0.259 e. The van der Waals surface area contributed by atoms with Gasteiger partial charge in [0, 0.05) is 23.0 Å². The molecule has 1 amide bonds. The maximum atomic E-state index is 13.5. The fraction of sp³-hybridized carbons (Fsp3) is 0.200. The SMILES string of the molecule is N#CCN1C(=O)C2(NCCc3c2[nH]c2ccccc32)c2ccccc21. The van der Waals surface area contributed by atoms with Gasteiger partial charge in [-0.2, -0.15) is 5.26 Å². The van der Waals surface area contributed by atoms with Gasteiger partial charge in [-0.1, -0.05) is 36.4 Å². The van der Waals surface area contributed by atoms with E-state index >= 15 is 0 Å². The predicted molar refractivity (Wildman–Crippen MR) is 95.2 cm³/mol. The van der Waals surface area contributed by atoms with E-state index in [1.54, 1.807) is 4.90 Å². The summed E-state index contributed by atoms with van der Waals surface area (Å²) in [6, 6.07) is 18.0. The van der Waals surface area contributed by atoms with Crippen LogP contribution in [0.25, 0.3) is 10.9 Å². The number of hydrogen-bond donors (Lipinski definition) is 2. The Bertz CT molecular complexity index is 1060. The zero-order valence-corrected chi connectivity index (χ0v) is 13.5. The number of carbonyl (C=O) groups excluding carboxylic acids is 1. The van der Waals surface area contributed by atoms with Gasteiger partial charge in [0.05, 0.1) is 17.5 Å². The van der Waals surface area contributed by atoms with Crippen molar-refractivity contribution in [2.75, 3.05) is 18.0 Å². The van der Waals surface area contributed by atoms with Crippen LogP contribution in [0.5, 0.6) is 0 Å². The molecule has 2 N–H and O–H groups in total. The maximum absolute atomic E-state index is 13.5. The number of aromatic nitrogens is 1. The number of fused-ring (bicyclic) bond motifs is 6. The van der Waals surface area contributed by atoms with Crippen molar-refractivity contribution in [1.29, 1.82) is 5.26 Å². The van der Waals surface area contributed by atoms with Crippen molar-refractivity contribution in [1.82, 2.24) is 10.3 Å². The van der Waals surface area contributed by atoms with Gasteiger partial charge in [-0.05, 0) is 24.1 Å². The second-order valence-electron chi connectivity index (χ2n) is 6.52. The van der Waals surface area contributed by atoms with E-state index in [1.807, 2.05) is 42.5 Å². The van der Waals surface area contributed by atoms with Gasteiger partial charge in [0.25, 0.3) is 5.91 Å². The number of aromatic amines is 1. The zero-order valence-electron chi connectivity index (χ0n) is 13.5. The van der Waals surface area contributed by atoms with Crippen LogP contribution in [-0.4, -0.2) is 24.0 Å². The van der Waals surface area contributed by atoms with Gasteiger partial charge < -0.3 is 4.98 Å². The van der Waals surface area contributed by atoms with Gasteiger partial charge >= 0.3 is 0 Å². The van der Waals surface area contributed by atoms with Gasteiger partial charge in [0.15, 0.2) is 5.54 Å². The van der Waals surface area contributed by atoms with E-state index in [4.69, 9.17) is 0 Å². The summed E-state index contributed by atoms with van der Waals surface area (Å²) in [7, 11) is 0.